The van der Waals surface area contributed by atoms with E-state index in [0.717, 1.165) is 6.92 Å². The number of ether oxygens (including phenoxy) is 1. The van der Waals surface area contributed by atoms with Gasteiger partial charge in [0, 0.05) is 24.2 Å². The lowest BCUT2D eigenvalue weighted by molar-refractivity contribution is -0.146. The predicted molar refractivity (Wildman–Crippen MR) is 79.8 cm³/mol. The zero-order valence-electron chi connectivity index (χ0n) is 12.7. The van der Waals surface area contributed by atoms with Crippen molar-refractivity contribution in [3.05, 3.63) is 53.7 Å². The van der Waals surface area contributed by atoms with E-state index in [1.54, 1.807) is 19.1 Å². The third-order valence-corrected chi connectivity index (χ3v) is 3.47. The van der Waals surface area contributed by atoms with Gasteiger partial charge in [0.05, 0.1) is 5.92 Å². The topological polar surface area (TPSA) is 39.2 Å². The molecule has 0 saturated heterocycles. The highest BCUT2D eigenvalue weighted by Gasteiger charge is 2.36. The summed E-state index contributed by atoms with van der Waals surface area (Å²) >= 11 is 0. The summed E-state index contributed by atoms with van der Waals surface area (Å²) in [5.41, 5.74) is 0.663. The van der Waals surface area contributed by atoms with Crippen molar-refractivity contribution in [1.82, 2.24) is 4.98 Å². The van der Waals surface area contributed by atoms with E-state index >= 15 is 0 Å². The zero-order chi connectivity index (χ0) is 17.0. The second-order valence-corrected chi connectivity index (χ2v) is 5.10. The van der Waals surface area contributed by atoms with Crippen LogP contribution in [0, 0.1) is 0 Å². The van der Waals surface area contributed by atoms with Gasteiger partial charge < -0.3 is 4.74 Å². The van der Waals surface area contributed by atoms with Gasteiger partial charge in [-0.15, -0.1) is 0 Å². The van der Waals surface area contributed by atoms with E-state index in [0.29, 0.717) is 17.7 Å². The van der Waals surface area contributed by atoms with Crippen LogP contribution in [0.5, 0.6) is 11.6 Å². The number of rotatable bonds is 5. The number of aromatic nitrogens is 1. The Balaban J connectivity index is 2.08. The molecule has 0 saturated carbocycles. The molecular weight excluding hydrogens is 307 g/mol. The third-order valence-electron chi connectivity index (χ3n) is 3.47. The number of nitrogens with zero attached hydrogens (tertiary/aromatic N) is 1. The number of benzene rings is 1. The van der Waals surface area contributed by atoms with Crippen molar-refractivity contribution >= 4 is 5.78 Å². The maximum absolute atomic E-state index is 12.6. The van der Waals surface area contributed by atoms with Crippen LogP contribution in [0.3, 0.4) is 0 Å². The number of hydrogen-bond acceptors (Lipinski definition) is 3. The summed E-state index contributed by atoms with van der Waals surface area (Å²) in [7, 11) is 0. The van der Waals surface area contributed by atoms with Crippen LogP contribution in [0.2, 0.25) is 0 Å². The minimum Gasteiger partial charge on any atom is -0.439 e. The Kier molecular flexibility index (Phi) is 5.03. The summed E-state index contributed by atoms with van der Waals surface area (Å²) in [6.45, 7) is 2.87. The van der Waals surface area contributed by atoms with Gasteiger partial charge in [0.1, 0.15) is 5.75 Å². The molecule has 0 aliphatic heterocycles. The molecular formula is C17H16F3NO2. The van der Waals surface area contributed by atoms with E-state index in [9.17, 15) is 18.0 Å². The van der Waals surface area contributed by atoms with E-state index in [2.05, 4.69) is 4.98 Å². The van der Waals surface area contributed by atoms with E-state index in [1.165, 1.54) is 30.5 Å². The molecule has 1 unspecified atom stereocenters. The van der Waals surface area contributed by atoms with E-state index in [4.69, 9.17) is 4.74 Å². The van der Waals surface area contributed by atoms with E-state index in [1.807, 2.05) is 0 Å². The number of carbonyl (C=O) groups excluding carboxylic acids is 1. The van der Waals surface area contributed by atoms with Crippen LogP contribution >= 0.6 is 0 Å². The summed E-state index contributed by atoms with van der Waals surface area (Å²) in [5.74, 6) is -0.900. The first-order valence-electron chi connectivity index (χ1n) is 7.15. The lowest BCUT2D eigenvalue weighted by atomic mass is 10.0. The molecule has 0 aliphatic carbocycles. The Morgan fingerprint density at radius 3 is 2.30 bits per heavy atom. The molecule has 1 aromatic carbocycles. The molecule has 0 spiro atoms. The molecule has 0 aliphatic rings. The molecule has 1 atom stereocenters. The number of halogens is 3. The third kappa shape index (κ3) is 4.31. The van der Waals surface area contributed by atoms with Gasteiger partial charge in [-0.25, -0.2) is 4.98 Å². The number of hydrogen-bond donors (Lipinski definition) is 0. The van der Waals surface area contributed by atoms with Crippen molar-refractivity contribution in [2.24, 2.45) is 0 Å². The number of ketones is 1. The van der Waals surface area contributed by atoms with Crippen molar-refractivity contribution < 1.29 is 22.7 Å². The Morgan fingerprint density at radius 1 is 1.17 bits per heavy atom. The zero-order valence-corrected chi connectivity index (χ0v) is 12.7. The highest BCUT2D eigenvalue weighted by atomic mass is 19.4. The molecule has 2 rings (SSSR count). The maximum atomic E-state index is 12.6. The molecule has 122 valence electrons. The molecule has 0 amide bonds. The average Bonchev–Trinajstić information content (AvgIpc) is 2.54. The fourth-order valence-corrected chi connectivity index (χ4v) is 1.94. The van der Waals surface area contributed by atoms with Crippen molar-refractivity contribution in [2.75, 3.05) is 0 Å². The lowest BCUT2D eigenvalue weighted by Crippen LogP contribution is -2.17. The van der Waals surface area contributed by atoms with Crippen molar-refractivity contribution in [3.8, 4) is 11.6 Å². The molecule has 0 radical (unpaired) electrons. The van der Waals surface area contributed by atoms with Crippen LogP contribution in [0.1, 0.15) is 42.1 Å². The fraction of sp³-hybridized carbons (Fsp3) is 0.294. The predicted octanol–water partition coefficient (Wildman–Crippen LogP) is 5.13. The van der Waals surface area contributed by atoms with Gasteiger partial charge in [-0.2, -0.15) is 13.2 Å². The fourth-order valence-electron chi connectivity index (χ4n) is 1.94. The summed E-state index contributed by atoms with van der Waals surface area (Å²) in [6, 6.07) is 8.84. The van der Waals surface area contributed by atoms with E-state index < -0.39 is 12.1 Å². The molecule has 6 heteroatoms. The largest absolute Gasteiger partial charge is 0.439 e. The van der Waals surface area contributed by atoms with Crippen molar-refractivity contribution in [3.63, 3.8) is 0 Å². The molecule has 0 N–H and O–H groups in total. The smallest absolute Gasteiger partial charge is 0.395 e. The minimum atomic E-state index is -4.27. The van der Waals surface area contributed by atoms with Gasteiger partial charge in [0.15, 0.2) is 5.78 Å². The van der Waals surface area contributed by atoms with Gasteiger partial charge in [-0.05, 0) is 30.7 Å². The quantitative estimate of drug-likeness (QED) is 0.716. The molecule has 1 heterocycles. The highest BCUT2D eigenvalue weighted by Crippen LogP contribution is 2.35. The van der Waals surface area contributed by atoms with Gasteiger partial charge >= 0.3 is 6.18 Å². The normalized spacial score (nSPS) is 12.7. The molecule has 1 aromatic heterocycles. The molecule has 3 nitrogen and oxygen atoms in total. The van der Waals surface area contributed by atoms with Gasteiger partial charge in [-0.3, -0.25) is 4.79 Å². The summed E-state index contributed by atoms with van der Waals surface area (Å²) in [5, 5.41) is 0. The Bertz CT molecular complexity index is 664. The summed E-state index contributed by atoms with van der Waals surface area (Å²) < 4.78 is 43.4. The van der Waals surface area contributed by atoms with Crippen LogP contribution < -0.4 is 4.74 Å². The summed E-state index contributed by atoms with van der Waals surface area (Å²) in [6.07, 6.45) is -2.46. The standard InChI is InChI=1S/C17H16F3NO2/c1-3-15(22)13-6-9-16(21-10-13)23-14-7-4-12(5-8-14)11(2)17(18,19)20/h4-11H,3H2,1-2H3. The Morgan fingerprint density at radius 2 is 1.83 bits per heavy atom. The van der Waals surface area contributed by atoms with Crippen LogP contribution in [0.4, 0.5) is 13.2 Å². The number of carbonyl (C=O) groups is 1. The monoisotopic (exact) mass is 323 g/mol. The highest BCUT2D eigenvalue weighted by molar-refractivity contribution is 5.95. The van der Waals surface area contributed by atoms with Crippen LogP contribution in [0.15, 0.2) is 42.6 Å². The lowest BCUT2D eigenvalue weighted by Gasteiger charge is -2.16. The second kappa shape index (κ2) is 6.81. The molecule has 23 heavy (non-hydrogen) atoms. The van der Waals surface area contributed by atoms with Gasteiger partial charge in [0.2, 0.25) is 5.88 Å². The van der Waals surface area contributed by atoms with Gasteiger partial charge in [0.25, 0.3) is 0 Å². The van der Waals surface area contributed by atoms with Crippen LogP contribution in [0.25, 0.3) is 0 Å². The number of pyridine rings is 1. The molecule has 0 bridgehead atoms. The second-order valence-electron chi connectivity index (χ2n) is 5.10. The average molecular weight is 323 g/mol. The number of Topliss-reactive ketones (excluding diaryl/α,β-unsaturated/α-hetero) is 1. The van der Waals surface area contributed by atoms with Gasteiger partial charge in [-0.1, -0.05) is 19.1 Å². The molecule has 0 fully saturated rings. The van der Waals surface area contributed by atoms with Crippen LogP contribution in [-0.4, -0.2) is 16.9 Å². The first kappa shape index (κ1) is 17.0. The first-order chi connectivity index (χ1) is 10.8. The molecule has 2 aromatic rings. The maximum Gasteiger partial charge on any atom is 0.395 e. The Hall–Kier alpha value is -2.37. The van der Waals surface area contributed by atoms with E-state index in [-0.39, 0.29) is 17.2 Å². The first-order valence-corrected chi connectivity index (χ1v) is 7.15. The van der Waals surface area contributed by atoms with Crippen LogP contribution in [-0.2, 0) is 0 Å². The van der Waals surface area contributed by atoms with Crippen molar-refractivity contribution in [1.29, 1.82) is 0 Å². The van der Waals surface area contributed by atoms with Crippen molar-refractivity contribution in [2.45, 2.75) is 32.4 Å². The minimum absolute atomic E-state index is 0.0189. The summed E-state index contributed by atoms with van der Waals surface area (Å²) in [4.78, 5) is 15.5. The Labute approximate surface area is 132 Å². The SMILES string of the molecule is CCC(=O)c1ccc(Oc2ccc(C(C)C(F)(F)F)cc2)nc1. The number of alkyl halides is 3.